The van der Waals surface area contributed by atoms with E-state index in [0.717, 1.165) is 5.69 Å². The van der Waals surface area contributed by atoms with Gasteiger partial charge in [0.05, 0.1) is 22.2 Å². The van der Waals surface area contributed by atoms with Crippen molar-refractivity contribution in [3.8, 4) is 6.07 Å². The minimum atomic E-state index is -0.496. The van der Waals surface area contributed by atoms with Crippen molar-refractivity contribution in [3.05, 3.63) is 51.8 Å². The van der Waals surface area contributed by atoms with Gasteiger partial charge >= 0.3 is 0 Å². The van der Waals surface area contributed by atoms with E-state index < -0.39 is 4.92 Å². The lowest BCUT2D eigenvalue weighted by Crippen LogP contribution is -2.07. The van der Waals surface area contributed by atoms with Gasteiger partial charge in [-0.3, -0.25) is 14.8 Å². The third-order valence-electron chi connectivity index (χ3n) is 2.79. The Kier molecular flexibility index (Phi) is 3.96. The van der Waals surface area contributed by atoms with Gasteiger partial charge in [-0.15, -0.1) is 0 Å². The SMILES string of the molecule is Cn1ccc(CCNc2ccc(C#N)cc2[N+](=O)[O-])n1. The minimum absolute atomic E-state index is 0.0925. The second-order valence-electron chi connectivity index (χ2n) is 4.26. The number of aromatic nitrogens is 2. The molecule has 7 heteroatoms. The van der Waals surface area contributed by atoms with Crippen LogP contribution < -0.4 is 5.32 Å². The van der Waals surface area contributed by atoms with Gasteiger partial charge in [-0.1, -0.05) is 0 Å². The lowest BCUT2D eigenvalue weighted by molar-refractivity contribution is -0.384. The molecule has 1 N–H and O–H groups in total. The maximum Gasteiger partial charge on any atom is 0.293 e. The molecule has 0 aliphatic rings. The highest BCUT2D eigenvalue weighted by atomic mass is 16.6. The molecule has 0 bridgehead atoms. The summed E-state index contributed by atoms with van der Waals surface area (Å²) in [5, 5.41) is 27.0. The molecule has 2 aromatic rings. The topological polar surface area (TPSA) is 96.8 Å². The largest absolute Gasteiger partial charge is 0.379 e. The molecule has 20 heavy (non-hydrogen) atoms. The van der Waals surface area contributed by atoms with Gasteiger partial charge in [-0.2, -0.15) is 10.4 Å². The minimum Gasteiger partial charge on any atom is -0.379 e. The zero-order valence-electron chi connectivity index (χ0n) is 10.9. The summed E-state index contributed by atoms with van der Waals surface area (Å²) in [6.07, 6.45) is 2.51. The van der Waals surface area contributed by atoms with E-state index in [1.165, 1.54) is 6.07 Å². The van der Waals surface area contributed by atoms with Crippen molar-refractivity contribution in [3.63, 3.8) is 0 Å². The second kappa shape index (κ2) is 5.84. The van der Waals surface area contributed by atoms with Crippen LogP contribution in [0.2, 0.25) is 0 Å². The van der Waals surface area contributed by atoms with Crippen molar-refractivity contribution < 1.29 is 4.92 Å². The standard InChI is InChI=1S/C13H13N5O2/c1-17-7-5-11(16-17)4-6-15-12-3-2-10(9-14)8-13(12)18(19)20/h2-3,5,7-8,15H,4,6H2,1H3. The van der Waals surface area contributed by atoms with Crippen molar-refractivity contribution >= 4 is 11.4 Å². The summed E-state index contributed by atoms with van der Waals surface area (Å²) in [6.45, 7) is 0.532. The van der Waals surface area contributed by atoms with E-state index in [0.29, 0.717) is 18.7 Å². The normalized spacial score (nSPS) is 10.0. The molecule has 0 radical (unpaired) electrons. The van der Waals surface area contributed by atoms with E-state index in [-0.39, 0.29) is 11.3 Å². The molecule has 0 unspecified atom stereocenters. The van der Waals surface area contributed by atoms with Gasteiger partial charge in [0.25, 0.3) is 5.69 Å². The predicted molar refractivity (Wildman–Crippen MR) is 73.2 cm³/mol. The van der Waals surface area contributed by atoms with Crippen LogP contribution >= 0.6 is 0 Å². The molecule has 2 rings (SSSR count). The molecule has 0 saturated heterocycles. The zero-order chi connectivity index (χ0) is 14.5. The number of rotatable bonds is 5. The molecule has 102 valence electrons. The number of hydrogen-bond acceptors (Lipinski definition) is 5. The number of anilines is 1. The molecule has 0 saturated carbocycles. The first-order valence-electron chi connectivity index (χ1n) is 6.01. The van der Waals surface area contributed by atoms with Crippen molar-refractivity contribution in [1.29, 1.82) is 5.26 Å². The Hall–Kier alpha value is -2.88. The van der Waals surface area contributed by atoms with Gasteiger partial charge in [0, 0.05) is 32.3 Å². The molecule has 0 spiro atoms. The Morgan fingerprint density at radius 3 is 2.90 bits per heavy atom. The van der Waals surface area contributed by atoms with E-state index in [4.69, 9.17) is 5.26 Å². The van der Waals surface area contributed by atoms with Crippen LogP contribution in [-0.2, 0) is 13.5 Å². The maximum absolute atomic E-state index is 11.0. The molecule has 0 atom stereocenters. The van der Waals surface area contributed by atoms with E-state index >= 15 is 0 Å². The summed E-state index contributed by atoms with van der Waals surface area (Å²) in [4.78, 5) is 10.5. The number of nitrogens with zero attached hydrogens (tertiary/aromatic N) is 4. The third kappa shape index (κ3) is 3.11. The summed E-state index contributed by atoms with van der Waals surface area (Å²) < 4.78 is 1.71. The highest BCUT2D eigenvalue weighted by Crippen LogP contribution is 2.25. The Bertz CT molecular complexity index is 672. The summed E-state index contributed by atoms with van der Waals surface area (Å²) in [5.41, 5.74) is 1.50. The smallest absolute Gasteiger partial charge is 0.293 e. The van der Waals surface area contributed by atoms with Crippen LogP contribution in [-0.4, -0.2) is 21.2 Å². The average Bonchev–Trinajstić information content (AvgIpc) is 2.84. The van der Waals surface area contributed by atoms with Crippen LogP contribution in [0.3, 0.4) is 0 Å². The van der Waals surface area contributed by atoms with Crippen molar-refractivity contribution in [2.24, 2.45) is 7.05 Å². The fourth-order valence-corrected chi connectivity index (χ4v) is 1.82. The van der Waals surface area contributed by atoms with Crippen molar-refractivity contribution in [2.45, 2.75) is 6.42 Å². The molecular weight excluding hydrogens is 258 g/mol. The summed E-state index contributed by atoms with van der Waals surface area (Å²) >= 11 is 0. The quantitative estimate of drug-likeness (QED) is 0.661. The lowest BCUT2D eigenvalue weighted by Gasteiger charge is -2.06. The molecule has 0 fully saturated rings. The molecule has 0 aliphatic heterocycles. The molecule has 7 nitrogen and oxygen atoms in total. The fourth-order valence-electron chi connectivity index (χ4n) is 1.82. The van der Waals surface area contributed by atoms with Crippen LogP contribution in [0.25, 0.3) is 0 Å². The molecule has 0 amide bonds. The lowest BCUT2D eigenvalue weighted by atomic mass is 10.2. The number of aryl methyl sites for hydroxylation is 1. The van der Waals surface area contributed by atoms with Gasteiger partial charge in [-0.05, 0) is 18.2 Å². The van der Waals surface area contributed by atoms with Crippen molar-refractivity contribution in [1.82, 2.24) is 9.78 Å². The highest BCUT2D eigenvalue weighted by molar-refractivity contribution is 5.64. The van der Waals surface area contributed by atoms with Crippen LogP contribution in [0.1, 0.15) is 11.3 Å². The van der Waals surface area contributed by atoms with Gasteiger partial charge in [0.1, 0.15) is 5.69 Å². The third-order valence-corrected chi connectivity index (χ3v) is 2.79. The molecule has 1 heterocycles. The van der Waals surface area contributed by atoms with Crippen LogP contribution in [0.15, 0.2) is 30.5 Å². The monoisotopic (exact) mass is 271 g/mol. The first kappa shape index (κ1) is 13.5. The van der Waals surface area contributed by atoms with Crippen LogP contribution in [0.5, 0.6) is 0 Å². The first-order valence-corrected chi connectivity index (χ1v) is 6.01. The number of nitro benzene ring substituents is 1. The van der Waals surface area contributed by atoms with Gasteiger partial charge < -0.3 is 5.32 Å². The predicted octanol–water partition coefficient (Wildman–Crippen LogP) is 1.85. The fraction of sp³-hybridized carbons (Fsp3) is 0.231. The molecule has 0 aliphatic carbocycles. The summed E-state index contributed by atoms with van der Waals surface area (Å²) in [6, 6.07) is 8.16. The van der Waals surface area contributed by atoms with E-state index in [1.807, 2.05) is 25.4 Å². The van der Waals surface area contributed by atoms with E-state index in [1.54, 1.807) is 16.8 Å². The summed E-state index contributed by atoms with van der Waals surface area (Å²) in [7, 11) is 1.84. The summed E-state index contributed by atoms with van der Waals surface area (Å²) in [5.74, 6) is 0. The molecule has 1 aromatic carbocycles. The highest BCUT2D eigenvalue weighted by Gasteiger charge is 2.14. The van der Waals surface area contributed by atoms with Crippen LogP contribution in [0.4, 0.5) is 11.4 Å². The maximum atomic E-state index is 11.0. The zero-order valence-corrected chi connectivity index (χ0v) is 10.9. The number of nitriles is 1. The van der Waals surface area contributed by atoms with Crippen LogP contribution in [0, 0.1) is 21.4 Å². The van der Waals surface area contributed by atoms with Gasteiger partial charge in [0.15, 0.2) is 0 Å². The number of benzene rings is 1. The van der Waals surface area contributed by atoms with Crippen molar-refractivity contribution in [2.75, 3.05) is 11.9 Å². The molecular formula is C13H13N5O2. The Morgan fingerprint density at radius 1 is 1.50 bits per heavy atom. The van der Waals surface area contributed by atoms with Gasteiger partial charge in [0.2, 0.25) is 0 Å². The number of nitro groups is 1. The number of hydrogen-bond donors (Lipinski definition) is 1. The Morgan fingerprint density at radius 2 is 2.30 bits per heavy atom. The number of nitrogens with one attached hydrogen (secondary N) is 1. The van der Waals surface area contributed by atoms with Gasteiger partial charge in [-0.25, -0.2) is 0 Å². The molecule has 1 aromatic heterocycles. The van der Waals surface area contributed by atoms with E-state index in [9.17, 15) is 10.1 Å². The second-order valence-corrected chi connectivity index (χ2v) is 4.26. The van der Waals surface area contributed by atoms with E-state index in [2.05, 4.69) is 10.4 Å². The average molecular weight is 271 g/mol. The first-order chi connectivity index (χ1) is 9.60. The Balaban J connectivity index is 2.05. The Labute approximate surface area is 115 Å².